The van der Waals surface area contributed by atoms with Gasteiger partial charge in [0, 0.05) is 30.7 Å². The van der Waals surface area contributed by atoms with E-state index < -0.39 is 0 Å². The van der Waals surface area contributed by atoms with Crippen molar-refractivity contribution in [3.05, 3.63) is 35.9 Å². The van der Waals surface area contributed by atoms with E-state index in [-0.39, 0.29) is 11.9 Å². The van der Waals surface area contributed by atoms with Gasteiger partial charge in [-0.15, -0.1) is 0 Å². The first kappa shape index (κ1) is 14.7. The van der Waals surface area contributed by atoms with Crippen molar-refractivity contribution in [3.8, 4) is 0 Å². The molecule has 1 fully saturated rings. The molecule has 1 amide bonds. The summed E-state index contributed by atoms with van der Waals surface area (Å²) in [6, 6.07) is 3.82. The number of anilines is 1. The Balaban J connectivity index is 1.90. The monoisotopic (exact) mass is 299 g/mol. The zero-order valence-electron chi connectivity index (χ0n) is 13.2. The molecule has 22 heavy (non-hydrogen) atoms. The highest BCUT2D eigenvalue weighted by atomic mass is 16.2. The maximum Gasteiger partial charge on any atom is 0.281 e. The number of aromatic nitrogens is 4. The Hall–Kier alpha value is -2.24. The van der Waals surface area contributed by atoms with Crippen LogP contribution in [0.1, 0.15) is 48.9 Å². The van der Waals surface area contributed by atoms with Gasteiger partial charge >= 0.3 is 0 Å². The molecule has 0 aromatic carbocycles. The number of nitrogens with zero attached hydrogens (tertiary/aromatic N) is 5. The fraction of sp³-hybridized carbons (Fsp3) is 0.500. The molecule has 1 aliphatic carbocycles. The topological polar surface area (TPSA) is 63.9 Å². The van der Waals surface area contributed by atoms with E-state index in [9.17, 15) is 4.79 Å². The molecule has 0 unspecified atom stereocenters. The van der Waals surface area contributed by atoms with Crippen LogP contribution in [0.3, 0.4) is 0 Å². The number of rotatable bonds is 5. The molecule has 1 aliphatic rings. The van der Waals surface area contributed by atoms with Crippen molar-refractivity contribution in [1.82, 2.24) is 19.7 Å². The molecular weight excluding hydrogens is 278 g/mol. The molecule has 116 valence electrons. The fourth-order valence-electron chi connectivity index (χ4n) is 2.50. The van der Waals surface area contributed by atoms with Crippen LogP contribution < -0.4 is 4.90 Å². The van der Waals surface area contributed by atoms with Crippen LogP contribution in [0.5, 0.6) is 0 Å². The molecule has 2 aromatic heterocycles. The molecule has 2 aromatic rings. The number of amides is 1. The first-order chi connectivity index (χ1) is 10.6. The highest BCUT2D eigenvalue weighted by Gasteiger charge is 2.30. The minimum Gasteiger partial charge on any atom is -0.275 e. The summed E-state index contributed by atoms with van der Waals surface area (Å²) in [5.74, 6) is 0.887. The predicted octanol–water partition coefficient (Wildman–Crippen LogP) is 2.62. The quantitative estimate of drug-likeness (QED) is 0.851. The van der Waals surface area contributed by atoms with Crippen LogP contribution in [0.15, 0.2) is 24.5 Å². The van der Waals surface area contributed by atoms with Crippen molar-refractivity contribution < 1.29 is 4.79 Å². The second-order valence-electron chi connectivity index (χ2n) is 6.12. The van der Waals surface area contributed by atoms with Gasteiger partial charge in [0.1, 0.15) is 0 Å². The van der Waals surface area contributed by atoms with E-state index in [1.807, 2.05) is 17.7 Å². The highest BCUT2D eigenvalue weighted by Crippen LogP contribution is 2.31. The standard InChI is InChI=1S/C16H21N5O/c1-11(2)21-12(3)9-14(19-21)15(22)20(10-13-5-6-13)16-17-7-4-8-18-16/h4,7-9,11,13H,5-6,10H2,1-3H3. The smallest absolute Gasteiger partial charge is 0.275 e. The SMILES string of the molecule is Cc1cc(C(=O)N(CC2CC2)c2ncccn2)nn1C(C)C. The van der Waals surface area contributed by atoms with Crippen LogP contribution in [0.4, 0.5) is 5.95 Å². The summed E-state index contributed by atoms with van der Waals surface area (Å²) in [7, 11) is 0. The average molecular weight is 299 g/mol. The van der Waals surface area contributed by atoms with E-state index in [1.54, 1.807) is 23.4 Å². The number of carbonyl (C=O) groups is 1. The number of carbonyl (C=O) groups excluding carboxylic acids is 1. The van der Waals surface area contributed by atoms with Crippen molar-refractivity contribution in [1.29, 1.82) is 0 Å². The molecule has 0 saturated heterocycles. The average Bonchev–Trinajstić information content (AvgIpc) is 3.25. The highest BCUT2D eigenvalue weighted by molar-refractivity contribution is 6.03. The van der Waals surface area contributed by atoms with Crippen LogP contribution in [-0.2, 0) is 0 Å². The molecule has 0 bridgehead atoms. The van der Waals surface area contributed by atoms with Crippen molar-refractivity contribution in [3.63, 3.8) is 0 Å². The Morgan fingerprint density at radius 1 is 1.36 bits per heavy atom. The number of aryl methyl sites for hydroxylation is 1. The van der Waals surface area contributed by atoms with E-state index in [0.29, 0.717) is 24.1 Å². The molecule has 0 radical (unpaired) electrons. The second kappa shape index (κ2) is 5.87. The lowest BCUT2D eigenvalue weighted by Gasteiger charge is -2.19. The molecular formula is C16H21N5O. The van der Waals surface area contributed by atoms with Gasteiger partial charge in [0.05, 0.1) is 0 Å². The third-order valence-electron chi connectivity index (χ3n) is 3.81. The van der Waals surface area contributed by atoms with Crippen LogP contribution in [0.2, 0.25) is 0 Å². The largest absolute Gasteiger partial charge is 0.281 e. The Morgan fingerprint density at radius 3 is 2.59 bits per heavy atom. The van der Waals surface area contributed by atoms with E-state index in [2.05, 4.69) is 28.9 Å². The summed E-state index contributed by atoms with van der Waals surface area (Å²) in [5, 5.41) is 4.45. The molecule has 0 spiro atoms. The van der Waals surface area contributed by atoms with Gasteiger partial charge in [-0.2, -0.15) is 5.10 Å². The third kappa shape index (κ3) is 3.00. The van der Waals surface area contributed by atoms with Crippen molar-refractivity contribution in [2.75, 3.05) is 11.4 Å². The molecule has 0 aliphatic heterocycles. The zero-order chi connectivity index (χ0) is 15.7. The zero-order valence-corrected chi connectivity index (χ0v) is 13.2. The summed E-state index contributed by atoms with van der Waals surface area (Å²) in [5.41, 5.74) is 1.44. The van der Waals surface area contributed by atoms with Gasteiger partial charge in [0.25, 0.3) is 5.91 Å². The van der Waals surface area contributed by atoms with Crippen LogP contribution in [0, 0.1) is 12.8 Å². The Labute approximate surface area is 130 Å². The number of hydrogen-bond donors (Lipinski definition) is 0. The minimum absolute atomic E-state index is 0.124. The maximum absolute atomic E-state index is 12.9. The van der Waals surface area contributed by atoms with Crippen LogP contribution in [-0.4, -0.2) is 32.2 Å². The van der Waals surface area contributed by atoms with Gasteiger partial charge in [-0.25, -0.2) is 9.97 Å². The maximum atomic E-state index is 12.9. The van der Waals surface area contributed by atoms with Gasteiger partial charge in [0.15, 0.2) is 5.69 Å². The van der Waals surface area contributed by atoms with Gasteiger partial charge in [-0.05, 0) is 51.7 Å². The summed E-state index contributed by atoms with van der Waals surface area (Å²) in [4.78, 5) is 23.0. The first-order valence-electron chi connectivity index (χ1n) is 7.71. The van der Waals surface area contributed by atoms with Gasteiger partial charge in [-0.1, -0.05) is 0 Å². The Bertz CT molecular complexity index is 660. The number of hydrogen-bond acceptors (Lipinski definition) is 4. The Morgan fingerprint density at radius 2 is 2.05 bits per heavy atom. The molecule has 3 rings (SSSR count). The van der Waals surface area contributed by atoms with Crippen molar-refractivity contribution >= 4 is 11.9 Å². The predicted molar refractivity (Wildman–Crippen MR) is 83.8 cm³/mol. The summed E-state index contributed by atoms with van der Waals surface area (Å²) in [6.07, 6.45) is 5.65. The lowest BCUT2D eigenvalue weighted by atomic mass is 10.3. The molecule has 1 saturated carbocycles. The normalized spacial score (nSPS) is 14.4. The van der Waals surface area contributed by atoms with E-state index in [0.717, 1.165) is 18.5 Å². The van der Waals surface area contributed by atoms with Crippen LogP contribution in [0.25, 0.3) is 0 Å². The molecule has 6 heteroatoms. The fourth-order valence-corrected chi connectivity index (χ4v) is 2.50. The third-order valence-corrected chi connectivity index (χ3v) is 3.81. The van der Waals surface area contributed by atoms with Crippen molar-refractivity contribution in [2.45, 2.75) is 39.7 Å². The van der Waals surface area contributed by atoms with E-state index in [1.165, 1.54) is 0 Å². The molecule has 6 nitrogen and oxygen atoms in total. The molecule has 2 heterocycles. The lowest BCUT2D eigenvalue weighted by molar-refractivity contribution is 0.0978. The molecule has 0 atom stereocenters. The van der Waals surface area contributed by atoms with E-state index in [4.69, 9.17) is 0 Å². The minimum atomic E-state index is -0.124. The van der Waals surface area contributed by atoms with E-state index >= 15 is 0 Å². The summed E-state index contributed by atoms with van der Waals surface area (Å²) in [6.45, 7) is 6.73. The Kier molecular flexibility index (Phi) is 3.92. The summed E-state index contributed by atoms with van der Waals surface area (Å²) < 4.78 is 1.87. The van der Waals surface area contributed by atoms with Gasteiger partial charge < -0.3 is 0 Å². The van der Waals surface area contributed by atoms with Crippen LogP contribution >= 0.6 is 0 Å². The van der Waals surface area contributed by atoms with Crippen molar-refractivity contribution in [2.24, 2.45) is 5.92 Å². The molecule has 0 N–H and O–H groups in total. The lowest BCUT2D eigenvalue weighted by Crippen LogP contribution is -2.34. The van der Waals surface area contributed by atoms with Gasteiger partial charge in [0.2, 0.25) is 5.95 Å². The van der Waals surface area contributed by atoms with Gasteiger partial charge in [-0.3, -0.25) is 14.4 Å². The first-order valence-corrected chi connectivity index (χ1v) is 7.71. The second-order valence-corrected chi connectivity index (χ2v) is 6.12. The summed E-state index contributed by atoms with van der Waals surface area (Å²) >= 11 is 0.